The first kappa shape index (κ1) is 16.2. The van der Waals surface area contributed by atoms with Crippen LogP contribution in [0.25, 0.3) is 0 Å². The lowest BCUT2D eigenvalue weighted by atomic mass is 9.99. The van der Waals surface area contributed by atoms with Crippen molar-refractivity contribution in [2.45, 2.75) is 38.5 Å². The van der Waals surface area contributed by atoms with E-state index in [1.807, 2.05) is 18.4 Å². The molecule has 0 radical (unpaired) electrons. The zero-order chi connectivity index (χ0) is 16.4. The van der Waals surface area contributed by atoms with Gasteiger partial charge in [-0.1, -0.05) is 12.6 Å². The van der Waals surface area contributed by atoms with Gasteiger partial charge in [0.15, 0.2) is 0 Å². The number of urea groups is 1. The highest BCUT2D eigenvalue weighted by molar-refractivity contribution is 7.94. The van der Waals surface area contributed by atoms with E-state index in [4.69, 9.17) is 0 Å². The second-order valence-electron chi connectivity index (χ2n) is 6.11. The summed E-state index contributed by atoms with van der Waals surface area (Å²) in [4.78, 5) is 12.4. The van der Waals surface area contributed by atoms with Gasteiger partial charge in [-0.05, 0) is 60.8 Å². The Morgan fingerprint density at radius 3 is 2.35 bits per heavy atom. The van der Waals surface area contributed by atoms with E-state index in [-0.39, 0.29) is 6.03 Å². The highest BCUT2D eigenvalue weighted by atomic mass is 32.2. The van der Waals surface area contributed by atoms with E-state index in [9.17, 15) is 4.79 Å². The minimum atomic E-state index is -0.188. The summed E-state index contributed by atoms with van der Waals surface area (Å²) in [5, 5.41) is 3.12. The minimum absolute atomic E-state index is 0.188. The molecular weight excluding hydrogens is 308 g/mol. The molecule has 1 aromatic rings. The number of nitrogens with one attached hydrogen (secondary N) is 2. The number of carbonyl (C=O) groups excluding carboxylic acids is 1. The molecule has 0 atom stereocenters. The standard InChI is InChI=1S/C17H24N4OS/c1-4-20(2)23-21(3)19-17(22)18-16-14-9-5-7-12(14)11-13-8-6-10-15(13)16/h4,11H,1,5-10H2,2-3H3,(H2,18,19,22). The number of hydrogen-bond acceptors (Lipinski definition) is 4. The Bertz CT molecular complexity index is 599. The zero-order valence-corrected chi connectivity index (χ0v) is 14.6. The third-order valence-electron chi connectivity index (χ3n) is 4.48. The fourth-order valence-corrected chi connectivity index (χ4v) is 4.08. The molecule has 1 aromatic carbocycles. The Labute approximate surface area is 142 Å². The maximum absolute atomic E-state index is 12.4. The number of benzene rings is 1. The summed E-state index contributed by atoms with van der Waals surface area (Å²) in [6.07, 6.45) is 8.49. The molecule has 0 bridgehead atoms. The van der Waals surface area contributed by atoms with E-state index in [2.05, 4.69) is 23.4 Å². The average molecular weight is 332 g/mol. The first-order valence-corrected chi connectivity index (χ1v) is 8.83. The number of hydrazine groups is 1. The molecule has 0 fully saturated rings. The van der Waals surface area contributed by atoms with Gasteiger partial charge in [-0.25, -0.2) is 4.79 Å². The van der Waals surface area contributed by atoms with E-state index in [0.717, 1.165) is 31.4 Å². The molecule has 5 nitrogen and oxygen atoms in total. The van der Waals surface area contributed by atoms with Gasteiger partial charge in [0.05, 0.1) is 12.1 Å². The maximum Gasteiger partial charge on any atom is 0.334 e. The van der Waals surface area contributed by atoms with Crippen molar-refractivity contribution in [1.29, 1.82) is 0 Å². The Morgan fingerprint density at radius 1 is 1.17 bits per heavy atom. The second-order valence-corrected chi connectivity index (χ2v) is 7.39. The van der Waals surface area contributed by atoms with Crippen molar-refractivity contribution < 1.29 is 4.79 Å². The van der Waals surface area contributed by atoms with Gasteiger partial charge in [0.25, 0.3) is 0 Å². The van der Waals surface area contributed by atoms with Crippen LogP contribution < -0.4 is 10.7 Å². The van der Waals surface area contributed by atoms with Crippen molar-refractivity contribution >= 4 is 23.9 Å². The molecule has 2 N–H and O–H groups in total. The highest BCUT2D eigenvalue weighted by Gasteiger charge is 2.25. The molecule has 0 aromatic heterocycles. The van der Waals surface area contributed by atoms with Gasteiger partial charge < -0.3 is 9.62 Å². The van der Waals surface area contributed by atoms with Crippen molar-refractivity contribution in [2.24, 2.45) is 0 Å². The van der Waals surface area contributed by atoms with Gasteiger partial charge in [0.2, 0.25) is 0 Å². The number of anilines is 1. The maximum atomic E-state index is 12.4. The fourth-order valence-electron chi connectivity index (χ4n) is 3.50. The van der Waals surface area contributed by atoms with Crippen LogP contribution in [0.2, 0.25) is 0 Å². The topological polar surface area (TPSA) is 47.6 Å². The van der Waals surface area contributed by atoms with Crippen LogP contribution in [-0.2, 0) is 25.7 Å². The van der Waals surface area contributed by atoms with Gasteiger partial charge in [0.1, 0.15) is 0 Å². The number of nitrogens with zero attached hydrogens (tertiary/aromatic N) is 2. The molecular formula is C17H24N4OS. The third kappa shape index (κ3) is 3.48. The molecule has 124 valence electrons. The molecule has 2 amide bonds. The van der Waals surface area contributed by atoms with Crippen molar-refractivity contribution in [3.05, 3.63) is 41.1 Å². The lowest BCUT2D eigenvalue weighted by molar-refractivity contribution is 0.239. The van der Waals surface area contributed by atoms with Crippen LogP contribution in [0.15, 0.2) is 18.8 Å². The zero-order valence-electron chi connectivity index (χ0n) is 13.8. The summed E-state index contributed by atoms with van der Waals surface area (Å²) in [6, 6.07) is 2.18. The molecule has 6 heteroatoms. The number of rotatable bonds is 5. The number of carbonyl (C=O) groups is 1. The highest BCUT2D eigenvalue weighted by Crippen LogP contribution is 2.38. The Hall–Kier alpha value is -1.66. The van der Waals surface area contributed by atoms with Crippen LogP contribution in [0, 0.1) is 0 Å². The van der Waals surface area contributed by atoms with Crippen LogP contribution in [0.3, 0.4) is 0 Å². The van der Waals surface area contributed by atoms with E-state index in [0.29, 0.717) is 0 Å². The van der Waals surface area contributed by atoms with Crippen LogP contribution in [-0.4, -0.2) is 28.8 Å². The number of amides is 2. The van der Waals surface area contributed by atoms with Gasteiger partial charge >= 0.3 is 6.03 Å². The summed E-state index contributed by atoms with van der Waals surface area (Å²) in [5.41, 5.74) is 9.45. The van der Waals surface area contributed by atoms with Crippen LogP contribution in [0.5, 0.6) is 0 Å². The fraction of sp³-hybridized carbons (Fsp3) is 0.471. The lowest BCUT2D eigenvalue weighted by Crippen LogP contribution is -2.39. The molecule has 0 unspecified atom stereocenters. The molecule has 0 heterocycles. The lowest BCUT2D eigenvalue weighted by Gasteiger charge is -2.22. The summed E-state index contributed by atoms with van der Waals surface area (Å²) < 4.78 is 3.48. The van der Waals surface area contributed by atoms with E-state index < -0.39 is 0 Å². The predicted octanol–water partition coefficient (Wildman–Crippen LogP) is 3.27. The molecule has 0 saturated carbocycles. The molecule has 23 heavy (non-hydrogen) atoms. The molecule has 2 aliphatic carbocycles. The predicted molar refractivity (Wildman–Crippen MR) is 96.0 cm³/mol. The van der Waals surface area contributed by atoms with E-state index >= 15 is 0 Å². The molecule has 0 aliphatic heterocycles. The van der Waals surface area contributed by atoms with E-state index in [1.165, 1.54) is 47.2 Å². The summed E-state index contributed by atoms with van der Waals surface area (Å²) in [5.74, 6) is 0. The smallest absolute Gasteiger partial charge is 0.313 e. The quantitative estimate of drug-likeness (QED) is 0.642. The monoisotopic (exact) mass is 332 g/mol. The SMILES string of the molecule is C=CN(C)SN(C)NC(=O)Nc1c2c(cc3c1CCC3)CCC2. The normalized spacial score (nSPS) is 15.3. The first-order chi connectivity index (χ1) is 11.1. The van der Waals surface area contributed by atoms with Crippen LogP contribution in [0.1, 0.15) is 35.1 Å². The Kier molecular flexibility index (Phi) is 4.82. The summed E-state index contributed by atoms with van der Waals surface area (Å²) >= 11 is 1.37. The van der Waals surface area contributed by atoms with Gasteiger partial charge in [-0.2, -0.15) is 0 Å². The Balaban J connectivity index is 1.73. The number of fused-ring (bicyclic) bond motifs is 2. The van der Waals surface area contributed by atoms with Gasteiger partial charge in [-0.3, -0.25) is 5.43 Å². The second kappa shape index (κ2) is 6.84. The number of hydrogen-bond donors (Lipinski definition) is 2. The average Bonchev–Trinajstić information content (AvgIpc) is 3.14. The third-order valence-corrected chi connectivity index (χ3v) is 5.22. The van der Waals surface area contributed by atoms with Gasteiger partial charge in [0, 0.05) is 26.0 Å². The van der Waals surface area contributed by atoms with Crippen molar-refractivity contribution in [3.63, 3.8) is 0 Å². The van der Waals surface area contributed by atoms with Crippen LogP contribution in [0.4, 0.5) is 10.5 Å². The summed E-state index contributed by atoms with van der Waals surface area (Å²) in [6.45, 7) is 3.69. The molecule has 0 spiro atoms. The molecule has 2 aliphatic rings. The Morgan fingerprint density at radius 2 is 1.78 bits per heavy atom. The minimum Gasteiger partial charge on any atom is -0.313 e. The van der Waals surface area contributed by atoms with Gasteiger partial charge in [-0.15, -0.1) is 4.41 Å². The molecule has 3 rings (SSSR count). The van der Waals surface area contributed by atoms with E-state index in [1.54, 1.807) is 10.6 Å². The molecule has 0 saturated heterocycles. The van der Waals surface area contributed by atoms with Crippen LogP contribution >= 0.6 is 12.1 Å². The largest absolute Gasteiger partial charge is 0.334 e. The summed E-state index contributed by atoms with van der Waals surface area (Å²) in [7, 11) is 3.69. The first-order valence-electron chi connectivity index (χ1n) is 8.10. The van der Waals surface area contributed by atoms with Crippen molar-refractivity contribution in [3.8, 4) is 0 Å². The van der Waals surface area contributed by atoms with Crippen molar-refractivity contribution in [1.82, 2.24) is 14.1 Å². The van der Waals surface area contributed by atoms with Crippen molar-refractivity contribution in [2.75, 3.05) is 19.4 Å². The number of aryl methyl sites for hydroxylation is 2.